The van der Waals surface area contributed by atoms with Crippen LogP contribution in [0.3, 0.4) is 0 Å². The molecule has 1 N–H and O–H groups in total. The van der Waals surface area contributed by atoms with Crippen LogP contribution in [0, 0.1) is 11.8 Å². The number of carbonyl (C=O) groups is 1. The highest BCUT2D eigenvalue weighted by molar-refractivity contribution is 5.78. The lowest BCUT2D eigenvalue weighted by Gasteiger charge is -2.32. The zero-order valence-electron chi connectivity index (χ0n) is 12.1. The van der Waals surface area contributed by atoms with E-state index in [9.17, 15) is 4.79 Å². The van der Waals surface area contributed by atoms with Gasteiger partial charge in [0, 0.05) is 32.2 Å². The van der Waals surface area contributed by atoms with Crippen molar-refractivity contribution >= 4 is 5.91 Å². The first-order chi connectivity index (χ1) is 9.22. The fourth-order valence-corrected chi connectivity index (χ4v) is 3.97. The summed E-state index contributed by atoms with van der Waals surface area (Å²) in [6.45, 7) is 8.19. The molecule has 108 valence electrons. The highest BCUT2D eigenvalue weighted by atomic mass is 16.2. The lowest BCUT2D eigenvalue weighted by atomic mass is 9.94. The summed E-state index contributed by atoms with van der Waals surface area (Å²) in [6, 6.07) is 0.641. The van der Waals surface area contributed by atoms with Gasteiger partial charge in [-0.3, -0.25) is 9.69 Å². The zero-order chi connectivity index (χ0) is 13.2. The molecule has 3 aliphatic heterocycles. The first kappa shape index (κ1) is 13.4. The molecule has 3 rings (SSSR count). The van der Waals surface area contributed by atoms with Gasteiger partial charge in [-0.05, 0) is 44.1 Å². The Bertz CT molecular complexity index is 319. The van der Waals surface area contributed by atoms with Crippen LogP contribution in [0.15, 0.2) is 0 Å². The van der Waals surface area contributed by atoms with Crippen molar-refractivity contribution in [2.45, 2.75) is 38.6 Å². The van der Waals surface area contributed by atoms with Crippen LogP contribution in [0.5, 0.6) is 0 Å². The van der Waals surface area contributed by atoms with Crippen molar-refractivity contribution in [3.05, 3.63) is 0 Å². The number of piperidine rings is 2. The molecule has 0 aromatic rings. The van der Waals surface area contributed by atoms with Gasteiger partial charge in [-0.15, -0.1) is 0 Å². The molecule has 0 spiro atoms. The highest BCUT2D eigenvalue weighted by Crippen LogP contribution is 2.25. The SMILES string of the molecule is CC1CCCN(C(=O)CN2CC3CCCNC3C2)C1. The number of carbonyl (C=O) groups excluding carboxylic acids is 1. The predicted molar refractivity (Wildman–Crippen MR) is 75.9 cm³/mol. The minimum Gasteiger partial charge on any atom is -0.341 e. The van der Waals surface area contributed by atoms with E-state index >= 15 is 0 Å². The minimum absolute atomic E-state index is 0.352. The van der Waals surface area contributed by atoms with Crippen LogP contribution in [0.4, 0.5) is 0 Å². The molecule has 0 aromatic heterocycles. The third-order valence-electron chi connectivity index (χ3n) is 5.04. The van der Waals surface area contributed by atoms with Crippen LogP contribution in [0.2, 0.25) is 0 Å². The molecular weight excluding hydrogens is 238 g/mol. The van der Waals surface area contributed by atoms with Gasteiger partial charge in [0.25, 0.3) is 0 Å². The van der Waals surface area contributed by atoms with Crippen LogP contribution in [0.25, 0.3) is 0 Å². The first-order valence-corrected chi connectivity index (χ1v) is 7.96. The number of fused-ring (bicyclic) bond motifs is 1. The fraction of sp³-hybridized carbons (Fsp3) is 0.933. The van der Waals surface area contributed by atoms with Crippen molar-refractivity contribution in [2.24, 2.45) is 11.8 Å². The number of nitrogens with one attached hydrogen (secondary N) is 1. The van der Waals surface area contributed by atoms with E-state index in [-0.39, 0.29) is 0 Å². The van der Waals surface area contributed by atoms with Gasteiger partial charge in [0.15, 0.2) is 0 Å². The Labute approximate surface area is 116 Å². The lowest BCUT2D eigenvalue weighted by molar-refractivity contribution is -0.133. The van der Waals surface area contributed by atoms with E-state index in [1.54, 1.807) is 0 Å². The molecule has 4 heteroatoms. The van der Waals surface area contributed by atoms with E-state index in [1.807, 2.05) is 0 Å². The second kappa shape index (κ2) is 5.80. The maximum absolute atomic E-state index is 12.4. The molecule has 0 aliphatic carbocycles. The van der Waals surface area contributed by atoms with E-state index in [1.165, 1.54) is 25.7 Å². The van der Waals surface area contributed by atoms with Crippen LogP contribution in [-0.2, 0) is 4.79 Å². The Hall–Kier alpha value is -0.610. The Morgan fingerprint density at radius 3 is 2.89 bits per heavy atom. The fourth-order valence-electron chi connectivity index (χ4n) is 3.97. The first-order valence-electron chi connectivity index (χ1n) is 7.96. The van der Waals surface area contributed by atoms with Gasteiger partial charge in [-0.25, -0.2) is 0 Å². The Morgan fingerprint density at radius 2 is 2.11 bits per heavy atom. The van der Waals surface area contributed by atoms with Crippen LogP contribution in [-0.4, -0.2) is 61.0 Å². The molecule has 3 saturated heterocycles. The van der Waals surface area contributed by atoms with Crippen molar-refractivity contribution in [2.75, 3.05) is 39.3 Å². The van der Waals surface area contributed by atoms with Crippen molar-refractivity contribution < 1.29 is 4.79 Å². The summed E-state index contributed by atoms with van der Waals surface area (Å²) < 4.78 is 0. The third kappa shape index (κ3) is 3.11. The summed E-state index contributed by atoms with van der Waals surface area (Å²) in [7, 11) is 0. The summed E-state index contributed by atoms with van der Waals surface area (Å²) in [4.78, 5) is 16.8. The molecule has 0 aromatic carbocycles. The summed E-state index contributed by atoms with van der Waals surface area (Å²) >= 11 is 0. The molecule has 3 fully saturated rings. The maximum atomic E-state index is 12.4. The van der Waals surface area contributed by atoms with Gasteiger partial charge < -0.3 is 10.2 Å². The minimum atomic E-state index is 0.352. The molecular formula is C15H27N3O. The Kier molecular flexibility index (Phi) is 4.08. The molecule has 4 nitrogen and oxygen atoms in total. The molecule has 3 unspecified atom stereocenters. The smallest absolute Gasteiger partial charge is 0.236 e. The van der Waals surface area contributed by atoms with Crippen LogP contribution in [0.1, 0.15) is 32.6 Å². The van der Waals surface area contributed by atoms with E-state index in [0.29, 0.717) is 24.4 Å². The topological polar surface area (TPSA) is 35.6 Å². The summed E-state index contributed by atoms with van der Waals surface area (Å²) in [5.41, 5.74) is 0. The van der Waals surface area contributed by atoms with Crippen LogP contribution >= 0.6 is 0 Å². The second-order valence-corrected chi connectivity index (χ2v) is 6.74. The van der Waals surface area contributed by atoms with Gasteiger partial charge in [0.05, 0.1) is 6.54 Å². The summed E-state index contributed by atoms with van der Waals surface area (Å²) in [6.07, 6.45) is 5.09. The van der Waals surface area contributed by atoms with Gasteiger partial charge in [0.1, 0.15) is 0 Å². The maximum Gasteiger partial charge on any atom is 0.236 e. The van der Waals surface area contributed by atoms with E-state index in [2.05, 4.69) is 22.0 Å². The number of rotatable bonds is 2. The monoisotopic (exact) mass is 265 g/mol. The lowest BCUT2D eigenvalue weighted by Crippen LogP contribution is -2.45. The second-order valence-electron chi connectivity index (χ2n) is 6.74. The van der Waals surface area contributed by atoms with Gasteiger partial charge >= 0.3 is 0 Å². The third-order valence-corrected chi connectivity index (χ3v) is 5.04. The van der Waals surface area contributed by atoms with Crippen LogP contribution < -0.4 is 5.32 Å². The van der Waals surface area contributed by atoms with Crippen molar-refractivity contribution in [3.63, 3.8) is 0 Å². The molecule has 0 saturated carbocycles. The number of hydrogen-bond acceptors (Lipinski definition) is 3. The average Bonchev–Trinajstić information content (AvgIpc) is 2.80. The Morgan fingerprint density at radius 1 is 1.21 bits per heavy atom. The largest absolute Gasteiger partial charge is 0.341 e. The van der Waals surface area contributed by atoms with Gasteiger partial charge in [-0.2, -0.15) is 0 Å². The standard InChI is InChI=1S/C15H27N3O/c1-12-4-3-7-18(8-12)15(19)11-17-9-13-5-2-6-16-14(13)10-17/h12-14,16H,2-11H2,1H3. The van der Waals surface area contributed by atoms with Gasteiger partial charge in [0.2, 0.25) is 5.91 Å². The number of nitrogens with zero attached hydrogens (tertiary/aromatic N) is 2. The number of hydrogen-bond donors (Lipinski definition) is 1. The highest BCUT2D eigenvalue weighted by Gasteiger charge is 2.35. The van der Waals surface area contributed by atoms with Crippen molar-refractivity contribution in [1.29, 1.82) is 0 Å². The molecule has 3 heterocycles. The zero-order valence-corrected chi connectivity index (χ0v) is 12.1. The van der Waals surface area contributed by atoms with E-state index in [4.69, 9.17) is 0 Å². The number of amides is 1. The summed E-state index contributed by atoms with van der Waals surface area (Å²) in [5, 5.41) is 3.60. The van der Waals surface area contributed by atoms with E-state index in [0.717, 1.165) is 38.6 Å². The molecule has 0 radical (unpaired) electrons. The molecule has 1 amide bonds. The normalized spacial score (nSPS) is 36.3. The molecule has 3 aliphatic rings. The van der Waals surface area contributed by atoms with Gasteiger partial charge in [-0.1, -0.05) is 6.92 Å². The number of likely N-dealkylation sites (tertiary alicyclic amines) is 2. The quantitative estimate of drug-likeness (QED) is 0.807. The van der Waals surface area contributed by atoms with Crippen molar-refractivity contribution in [1.82, 2.24) is 15.1 Å². The van der Waals surface area contributed by atoms with E-state index < -0.39 is 0 Å². The summed E-state index contributed by atoms with van der Waals surface area (Å²) in [5.74, 6) is 1.81. The average molecular weight is 265 g/mol. The van der Waals surface area contributed by atoms with Crippen molar-refractivity contribution in [3.8, 4) is 0 Å². The Balaban J connectivity index is 1.50. The molecule has 19 heavy (non-hydrogen) atoms. The predicted octanol–water partition coefficient (Wildman–Crippen LogP) is 0.929. The molecule has 3 atom stereocenters. The molecule has 0 bridgehead atoms.